The predicted molar refractivity (Wildman–Crippen MR) is 197 cm³/mol. The molecule has 0 amide bonds. The number of ketones is 1. The molecule has 3 aliphatic rings. The molecule has 2 fully saturated rings. The largest absolute Gasteiger partial charge is 0.493 e. The van der Waals surface area contributed by atoms with Crippen molar-refractivity contribution >= 4 is 11.5 Å². The van der Waals surface area contributed by atoms with Crippen LogP contribution in [0.1, 0.15) is 98.8 Å². The predicted octanol–water partition coefficient (Wildman–Crippen LogP) is 8.98. The number of methoxy groups -OCH3 is 3. The molecule has 1 N–H and O–H groups in total. The van der Waals surface area contributed by atoms with E-state index in [0.29, 0.717) is 71.5 Å². The average Bonchev–Trinajstić information content (AvgIpc) is 3.86. The van der Waals surface area contributed by atoms with E-state index in [1.54, 1.807) is 24.3 Å². The number of rotatable bonds is 11. The van der Waals surface area contributed by atoms with Crippen molar-refractivity contribution in [2.45, 2.75) is 90.4 Å². The Morgan fingerprint density at radius 2 is 1.62 bits per heavy atom. The maximum absolute atomic E-state index is 17.0. The Morgan fingerprint density at radius 1 is 0.943 bits per heavy atom. The van der Waals surface area contributed by atoms with Gasteiger partial charge in [-0.1, -0.05) is 63.2 Å². The van der Waals surface area contributed by atoms with E-state index in [1.807, 2.05) is 62.9 Å². The first-order valence-corrected chi connectivity index (χ1v) is 18.1. The van der Waals surface area contributed by atoms with Gasteiger partial charge in [-0.05, 0) is 77.7 Å². The van der Waals surface area contributed by atoms with E-state index in [9.17, 15) is 9.90 Å². The van der Waals surface area contributed by atoms with Crippen molar-refractivity contribution in [3.8, 4) is 34.1 Å². The molecule has 2 heterocycles. The number of alkyl halides is 2. The molecule has 53 heavy (non-hydrogen) atoms. The lowest BCUT2D eigenvalue weighted by atomic mass is 9.57. The lowest BCUT2D eigenvalue weighted by Gasteiger charge is -2.51. The van der Waals surface area contributed by atoms with Crippen molar-refractivity contribution in [3.05, 3.63) is 82.7 Å². The Bertz CT molecular complexity index is 2000. The number of Topliss-reactive ketones (excluding diaryl/α,β-unsaturated/α-hetero) is 1. The van der Waals surface area contributed by atoms with Gasteiger partial charge in [-0.25, -0.2) is 0 Å². The molecular formula is C42H48F2N2O7. The van der Waals surface area contributed by atoms with Crippen LogP contribution >= 0.6 is 0 Å². The second kappa shape index (κ2) is 13.3. The minimum Gasteiger partial charge on any atom is -0.493 e. The van der Waals surface area contributed by atoms with Crippen molar-refractivity contribution in [2.24, 2.45) is 10.8 Å². The van der Waals surface area contributed by atoms with E-state index in [4.69, 9.17) is 23.5 Å². The van der Waals surface area contributed by atoms with E-state index >= 15 is 8.78 Å². The summed E-state index contributed by atoms with van der Waals surface area (Å²) < 4.78 is 62.1. The summed E-state index contributed by atoms with van der Waals surface area (Å²) in [5, 5.41) is 16.3. The Kier molecular flexibility index (Phi) is 9.24. The maximum Gasteiger partial charge on any atom is 0.337 e. The van der Waals surface area contributed by atoms with Crippen LogP contribution in [0.4, 0.5) is 14.5 Å². The number of aromatic nitrogens is 1. The minimum atomic E-state index is -4.04. The van der Waals surface area contributed by atoms with Gasteiger partial charge in [-0.3, -0.25) is 4.79 Å². The number of ether oxygens (including phenoxy) is 4. The molecule has 282 valence electrons. The average molecular weight is 731 g/mol. The van der Waals surface area contributed by atoms with Crippen molar-refractivity contribution in [1.82, 2.24) is 5.16 Å². The quantitative estimate of drug-likeness (QED) is 0.133. The van der Waals surface area contributed by atoms with Crippen LogP contribution in [0.3, 0.4) is 0 Å². The van der Waals surface area contributed by atoms with Crippen LogP contribution in [0.25, 0.3) is 11.1 Å². The van der Waals surface area contributed by atoms with Crippen LogP contribution in [0.15, 0.2) is 59.1 Å². The van der Waals surface area contributed by atoms with Crippen LogP contribution in [0.5, 0.6) is 23.0 Å². The van der Waals surface area contributed by atoms with E-state index in [1.165, 1.54) is 21.3 Å². The molecule has 0 radical (unpaired) electrons. The number of hydrogen-bond donors (Lipinski definition) is 1. The standard InChI is InChI=1S/C42H48F2N2O7/c1-39(2)22-40(3,4)24-41(48,23-39)42(43,44)38(47)36-30-17-25-11-8-9-12-28(25)29(30)14-15-33(36)46-16-10-13-32(46)31-18-27(53-45-31)21-52-26-19-34(49-5)37(51-7)35(20-26)50-6/h8-9,11-12,14-15,18-20,32,48H,10,13,16-17,21-24H2,1-7H3/t32-/m0/s1. The number of hydrogen-bond acceptors (Lipinski definition) is 9. The van der Waals surface area contributed by atoms with Crippen molar-refractivity contribution in [1.29, 1.82) is 0 Å². The zero-order valence-corrected chi connectivity index (χ0v) is 31.5. The summed E-state index contributed by atoms with van der Waals surface area (Å²) >= 11 is 0. The lowest BCUT2D eigenvalue weighted by Crippen LogP contribution is -2.60. The molecule has 4 aromatic rings. The number of benzene rings is 3. The van der Waals surface area contributed by atoms with Crippen LogP contribution in [-0.4, -0.2) is 55.4 Å². The number of fused-ring (bicyclic) bond motifs is 3. The summed E-state index contributed by atoms with van der Waals surface area (Å²) in [5.74, 6) is -3.12. The molecule has 1 aromatic heterocycles. The topological polar surface area (TPSA) is 103 Å². The first-order valence-electron chi connectivity index (χ1n) is 18.1. The summed E-state index contributed by atoms with van der Waals surface area (Å²) in [6, 6.07) is 16.3. The summed E-state index contributed by atoms with van der Waals surface area (Å²) in [6.07, 6.45) is 2.07. The van der Waals surface area contributed by atoms with Crippen LogP contribution in [0.2, 0.25) is 0 Å². The van der Waals surface area contributed by atoms with E-state index in [2.05, 4.69) is 5.16 Å². The second-order valence-corrected chi connectivity index (χ2v) is 16.3. The van der Waals surface area contributed by atoms with E-state index in [0.717, 1.165) is 23.1 Å². The molecule has 7 rings (SSSR count). The molecule has 1 aliphatic heterocycles. The number of anilines is 1. The zero-order chi connectivity index (χ0) is 37.9. The van der Waals surface area contributed by atoms with Crippen molar-refractivity contribution in [2.75, 3.05) is 32.8 Å². The van der Waals surface area contributed by atoms with Gasteiger partial charge in [0.2, 0.25) is 11.5 Å². The molecule has 0 spiro atoms. The number of aliphatic hydroxyl groups is 1. The SMILES string of the molecule is COc1cc(OCc2cc([C@@H]3CCCN3c3ccc4c(c3C(=O)C(F)(F)C3(O)CC(C)(C)CC(C)(C)C3)Cc3ccccc3-4)no2)cc(OC)c1OC. The first-order chi connectivity index (χ1) is 25.1. The van der Waals surface area contributed by atoms with Crippen molar-refractivity contribution in [3.63, 3.8) is 0 Å². The molecule has 2 aliphatic carbocycles. The number of carbonyl (C=O) groups is 1. The van der Waals surface area contributed by atoms with Gasteiger partial charge in [0.15, 0.2) is 17.3 Å². The van der Waals surface area contributed by atoms with Crippen LogP contribution in [-0.2, 0) is 13.0 Å². The minimum absolute atomic E-state index is 0.0281. The smallest absolute Gasteiger partial charge is 0.337 e. The monoisotopic (exact) mass is 730 g/mol. The van der Waals surface area contributed by atoms with Gasteiger partial charge in [0.25, 0.3) is 0 Å². The first kappa shape index (κ1) is 36.7. The van der Waals surface area contributed by atoms with E-state index in [-0.39, 0.29) is 31.1 Å². The third kappa shape index (κ3) is 6.51. The molecule has 3 aromatic carbocycles. The maximum atomic E-state index is 17.0. The highest BCUT2D eigenvalue weighted by Gasteiger charge is 2.64. The molecule has 11 heteroatoms. The molecule has 1 saturated heterocycles. The highest BCUT2D eigenvalue weighted by molar-refractivity contribution is 6.10. The van der Waals surface area contributed by atoms with Gasteiger partial charge in [-0.2, -0.15) is 8.78 Å². The number of carbonyl (C=O) groups excluding carboxylic acids is 1. The summed E-state index contributed by atoms with van der Waals surface area (Å²) in [5.41, 5.74) is 0.548. The fraction of sp³-hybridized carbons (Fsp3) is 0.476. The second-order valence-electron chi connectivity index (χ2n) is 16.3. The Morgan fingerprint density at radius 3 is 2.28 bits per heavy atom. The Balaban J connectivity index is 1.23. The molecule has 0 unspecified atom stereocenters. The normalized spacial score (nSPS) is 19.7. The molecule has 9 nitrogen and oxygen atoms in total. The van der Waals surface area contributed by atoms with Gasteiger partial charge in [0, 0.05) is 30.4 Å². The van der Waals surface area contributed by atoms with Crippen LogP contribution < -0.4 is 23.8 Å². The Hall–Kier alpha value is -4.64. The number of nitrogens with zero attached hydrogens (tertiary/aromatic N) is 2. The summed E-state index contributed by atoms with van der Waals surface area (Å²) in [7, 11) is 4.57. The van der Waals surface area contributed by atoms with Gasteiger partial charge in [0.05, 0.1) is 32.9 Å². The summed E-state index contributed by atoms with van der Waals surface area (Å²) in [4.78, 5) is 16.7. The number of halogens is 2. The third-order valence-corrected chi connectivity index (χ3v) is 11.1. The lowest BCUT2D eigenvalue weighted by molar-refractivity contribution is -0.202. The van der Waals surface area contributed by atoms with Gasteiger partial charge in [0.1, 0.15) is 23.7 Å². The molecular weight excluding hydrogens is 682 g/mol. The zero-order valence-electron chi connectivity index (χ0n) is 31.5. The van der Waals surface area contributed by atoms with Gasteiger partial charge in [-0.15, -0.1) is 0 Å². The van der Waals surface area contributed by atoms with Gasteiger partial charge >= 0.3 is 5.92 Å². The van der Waals surface area contributed by atoms with E-state index < -0.39 is 28.1 Å². The third-order valence-electron chi connectivity index (χ3n) is 11.1. The highest BCUT2D eigenvalue weighted by atomic mass is 19.3. The molecule has 1 atom stereocenters. The molecule has 1 saturated carbocycles. The summed E-state index contributed by atoms with van der Waals surface area (Å²) in [6.45, 7) is 8.13. The fourth-order valence-electron chi connectivity index (χ4n) is 9.56. The highest BCUT2D eigenvalue weighted by Crippen LogP contribution is 2.56. The van der Waals surface area contributed by atoms with Crippen molar-refractivity contribution < 1.29 is 42.2 Å². The van der Waals surface area contributed by atoms with Gasteiger partial charge < -0.3 is 33.5 Å². The van der Waals surface area contributed by atoms with Crippen LogP contribution in [0, 0.1) is 10.8 Å². The Labute approximate surface area is 309 Å². The fourth-order valence-corrected chi connectivity index (χ4v) is 9.56. The molecule has 0 bridgehead atoms.